The molecule has 0 spiro atoms. The Kier molecular flexibility index (Phi) is 5.42. The van der Waals surface area contributed by atoms with Crippen LogP contribution < -0.4 is 5.32 Å². The molecule has 0 aromatic heterocycles. The molecule has 1 N–H and O–H groups in total. The first kappa shape index (κ1) is 14.3. The predicted molar refractivity (Wildman–Crippen MR) is 77.0 cm³/mol. The molecule has 106 valence electrons. The summed E-state index contributed by atoms with van der Waals surface area (Å²) in [6.07, 6.45) is 1.33. The van der Waals surface area contributed by atoms with Crippen LogP contribution in [0.15, 0.2) is 0 Å². The van der Waals surface area contributed by atoms with E-state index < -0.39 is 0 Å². The maximum absolute atomic E-state index is 3.50. The van der Waals surface area contributed by atoms with E-state index in [2.05, 4.69) is 41.0 Å². The van der Waals surface area contributed by atoms with Crippen molar-refractivity contribution >= 4 is 0 Å². The summed E-state index contributed by atoms with van der Waals surface area (Å²) in [6, 6.07) is 0.822. The average molecular weight is 254 g/mol. The summed E-state index contributed by atoms with van der Waals surface area (Å²) in [7, 11) is 4.32. The van der Waals surface area contributed by atoms with Crippen LogP contribution in [-0.2, 0) is 0 Å². The number of nitrogens with one attached hydrogen (secondary N) is 1. The monoisotopic (exact) mass is 254 g/mol. The number of hydrogen-bond donors (Lipinski definition) is 1. The van der Waals surface area contributed by atoms with E-state index in [9.17, 15) is 0 Å². The average Bonchev–Trinajstić information content (AvgIpc) is 2.38. The van der Waals surface area contributed by atoms with Gasteiger partial charge < -0.3 is 10.2 Å². The number of rotatable bonds is 4. The van der Waals surface area contributed by atoms with Gasteiger partial charge in [-0.25, -0.2) is 0 Å². The third kappa shape index (κ3) is 3.92. The molecule has 2 rings (SSSR count). The third-order valence-corrected chi connectivity index (χ3v) is 4.48. The van der Waals surface area contributed by atoms with Crippen LogP contribution in [0.2, 0.25) is 0 Å². The molecule has 2 heterocycles. The van der Waals surface area contributed by atoms with E-state index in [4.69, 9.17) is 0 Å². The normalized spacial score (nSPS) is 32.0. The largest absolute Gasteiger partial charge is 0.316 e. The molecule has 2 unspecified atom stereocenters. The van der Waals surface area contributed by atoms with Crippen LogP contribution in [-0.4, -0.2) is 87.2 Å². The number of likely N-dealkylation sites (N-methyl/N-ethyl adjacent to an activating group) is 1. The van der Waals surface area contributed by atoms with Gasteiger partial charge in [0.1, 0.15) is 0 Å². The van der Waals surface area contributed by atoms with Gasteiger partial charge in [-0.05, 0) is 39.5 Å². The van der Waals surface area contributed by atoms with Crippen LogP contribution >= 0.6 is 0 Å². The van der Waals surface area contributed by atoms with Gasteiger partial charge in [0.25, 0.3) is 0 Å². The van der Waals surface area contributed by atoms with Crippen LogP contribution in [0.4, 0.5) is 0 Å². The van der Waals surface area contributed by atoms with Gasteiger partial charge in [0.05, 0.1) is 0 Å². The molecule has 0 amide bonds. The molecule has 2 aliphatic heterocycles. The first-order valence-electron chi connectivity index (χ1n) is 7.48. The van der Waals surface area contributed by atoms with Crippen LogP contribution in [0.3, 0.4) is 0 Å². The third-order valence-electron chi connectivity index (χ3n) is 4.48. The highest BCUT2D eigenvalue weighted by Gasteiger charge is 2.29. The fourth-order valence-electron chi connectivity index (χ4n) is 3.20. The number of nitrogens with zero attached hydrogens (tertiary/aromatic N) is 3. The fourth-order valence-corrected chi connectivity index (χ4v) is 3.20. The highest BCUT2D eigenvalue weighted by Crippen LogP contribution is 2.19. The minimum absolute atomic E-state index is 0.812. The van der Waals surface area contributed by atoms with Crippen LogP contribution in [0, 0.1) is 5.92 Å². The number of hydrogen-bond acceptors (Lipinski definition) is 4. The summed E-state index contributed by atoms with van der Waals surface area (Å²) in [6.45, 7) is 12.3. The van der Waals surface area contributed by atoms with E-state index in [-0.39, 0.29) is 0 Å². The van der Waals surface area contributed by atoms with Crippen LogP contribution in [0.1, 0.15) is 13.3 Å². The maximum Gasteiger partial charge on any atom is 0.0146 e. The summed E-state index contributed by atoms with van der Waals surface area (Å²) >= 11 is 0. The van der Waals surface area contributed by atoms with Crippen LogP contribution in [0.25, 0.3) is 0 Å². The van der Waals surface area contributed by atoms with Crippen molar-refractivity contribution in [3.05, 3.63) is 0 Å². The first-order valence-corrected chi connectivity index (χ1v) is 7.48. The van der Waals surface area contributed by atoms with Crippen molar-refractivity contribution in [3.63, 3.8) is 0 Å². The lowest BCUT2D eigenvalue weighted by Crippen LogP contribution is -2.56. The van der Waals surface area contributed by atoms with Gasteiger partial charge in [-0.1, -0.05) is 6.92 Å². The van der Waals surface area contributed by atoms with Crippen molar-refractivity contribution in [3.8, 4) is 0 Å². The van der Waals surface area contributed by atoms with Crippen molar-refractivity contribution in [2.45, 2.75) is 19.4 Å². The van der Waals surface area contributed by atoms with E-state index >= 15 is 0 Å². The topological polar surface area (TPSA) is 21.8 Å². The second kappa shape index (κ2) is 6.85. The van der Waals surface area contributed by atoms with E-state index in [1.165, 1.54) is 58.8 Å². The van der Waals surface area contributed by atoms with Gasteiger partial charge in [0.15, 0.2) is 0 Å². The molecular weight excluding hydrogens is 224 g/mol. The summed E-state index contributed by atoms with van der Waals surface area (Å²) in [5, 5.41) is 3.50. The Labute approximate surface area is 112 Å². The zero-order valence-corrected chi connectivity index (χ0v) is 12.4. The van der Waals surface area contributed by atoms with Gasteiger partial charge in [-0.15, -0.1) is 0 Å². The molecule has 2 saturated heterocycles. The fraction of sp³-hybridized carbons (Fsp3) is 1.00. The molecule has 18 heavy (non-hydrogen) atoms. The van der Waals surface area contributed by atoms with Crippen molar-refractivity contribution in [2.75, 3.05) is 66.5 Å². The Balaban J connectivity index is 1.72. The summed E-state index contributed by atoms with van der Waals surface area (Å²) in [4.78, 5) is 7.63. The molecule has 2 fully saturated rings. The van der Waals surface area contributed by atoms with Crippen molar-refractivity contribution in [1.29, 1.82) is 0 Å². The van der Waals surface area contributed by atoms with Crippen LogP contribution in [0.5, 0.6) is 0 Å². The highest BCUT2D eigenvalue weighted by molar-refractivity contribution is 4.86. The van der Waals surface area contributed by atoms with Gasteiger partial charge in [0, 0.05) is 45.3 Å². The number of piperazine rings is 1. The molecule has 4 nitrogen and oxygen atoms in total. The Morgan fingerprint density at radius 1 is 1.17 bits per heavy atom. The second-order valence-electron chi connectivity index (χ2n) is 6.22. The molecule has 0 bridgehead atoms. The highest BCUT2D eigenvalue weighted by atomic mass is 15.3. The summed E-state index contributed by atoms with van der Waals surface area (Å²) < 4.78 is 0. The maximum atomic E-state index is 3.50. The first-order chi connectivity index (χ1) is 8.66. The molecule has 0 aliphatic carbocycles. The van der Waals surface area contributed by atoms with Gasteiger partial charge in [-0.3, -0.25) is 9.80 Å². The Morgan fingerprint density at radius 3 is 2.50 bits per heavy atom. The van der Waals surface area contributed by atoms with E-state index in [1.807, 2.05) is 0 Å². The van der Waals surface area contributed by atoms with E-state index in [1.54, 1.807) is 0 Å². The Morgan fingerprint density at radius 2 is 1.89 bits per heavy atom. The predicted octanol–water partition coefficient (Wildman–Crippen LogP) is 0.164. The molecular formula is C14H30N4. The van der Waals surface area contributed by atoms with Gasteiger partial charge in [-0.2, -0.15) is 0 Å². The van der Waals surface area contributed by atoms with Crippen molar-refractivity contribution in [1.82, 2.24) is 20.0 Å². The van der Waals surface area contributed by atoms with Crippen molar-refractivity contribution < 1.29 is 0 Å². The molecule has 0 radical (unpaired) electrons. The smallest absolute Gasteiger partial charge is 0.0146 e. The molecule has 0 aromatic carbocycles. The van der Waals surface area contributed by atoms with Gasteiger partial charge in [0.2, 0.25) is 0 Å². The van der Waals surface area contributed by atoms with Gasteiger partial charge >= 0.3 is 0 Å². The molecule has 4 heteroatoms. The minimum Gasteiger partial charge on any atom is -0.316 e. The number of piperidine rings is 1. The minimum atomic E-state index is 0.812. The molecule has 2 atom stereocenters. The Bertz CT molecular complexity index is 236. The second-order valence-corrected chi connectivity index (χ2v) is 6.22. The summed E-state index contributed by atoms with van der Waals surface area (Å²) in [5.74, 6) is 0.812. The quantitative estimate of drug-likeness (QED) is 0.772. The lowest BCUT2D eigenvalue weighted by molar-refractivity contribution is 0.0570. The SMILES string of the molecule is CC1CNCCC1N1CCN(CCN(C)C)CC1. The molecule has 0 aromatic rings. The standard InChI is InChI=1S/C14H30N4/c1-13-12-15-5-4-14(13)18-10-8-17(9-11-18)7-6-16(2)3/h13-15H,4-12H2,1-3H3. The Hall–Kier alpha value is -0.160. The van der Waals surface area contributed by atoms with E-state index in [0.717, 1.165) is 12.0 Å². The zero-order chi connectivity index (χ0) is 13.0. The zero-order valence-electron chi connectivity index (χ0n) is 12.4. The lowest BCUT2D eigenvalue weighted by Gasteiger charge is -2.43. The molecule has 0 saturated carbocycles. The molecule has 2 aliphatic rings. The van der Waals surface area contributed by atoms with Crippen molar-refractivity contribution in [2.24, 2.45) is 5.92 Å². The van der Waals surface area contributed by atoms with E-state index in [0.29, 0.717) is 0 Å². The lowest BCUT2D eigenvalue weighted by atomic mass is 9.93. The summed E-state index contributed by atoms with van der Waals surface area (Å²) in [5.41, 5.74) is 0.